The fourth-order valence-corrected chi connectivity index (χ4v) is 1.21. The lowest BCUT2D eigenvalue weighted by Crippen LogP contribution is -2.10. The van der Waals surface area contributed by atoms with Crippen LogP contribution < -0.4 is 4.74 Å². The molecule has 0 aliphatic heterocycles. The van der Waals surface area contributed by atoms with Gasteiger partial charge in [0.15, 0.2) is 11.6 Å². The summed E-state index contributed by atoms with van der Waals surface area (Å²) in [6.45, 7) is 3.25. The third-order valence-electron chi connectivity index (χ3n) is 1.84. The third kappa shape index (κ3) is 2.90. The zero-order chi connectivity index (χ0) is 13.2. The van der Waals surface area contributed by atoms with E-state index in [1.54, 1.807) is 13.8 Å². The van der Waals surface area contributed by atoms with Gasteiger partial charge in [-0.2, -0.15) is 0 Å². The molecule has 1 rings (SSSR count). The molecule has 1 aromatic carbocycles. The van der Waals surface area contributed by atoms with Crippen LogP contribution in [-0.4, -0.2) is 22.1 Å². The molecule has 0 unspecified atom stereocenters. The van der Waals surface area contributed by atoms with Gasteiger partial charge < -0.3 is 9.84 Å². The van der Waals surface area contributed by atoms with Gasteiger partial charge in [-0.15, -0.1) is 0 Å². The van der Waals surface area contributed by atoms with Crippen molar-refractivity contribution in [2.45, 2.75) is 20.0 Å². The number of halogens is 1. The molecule has 0 heterocycles. The topological polar surface area (TPSA) is 89.7 Å². The summed E-state index contributed by atoms with van der Waals surface area (Å²) in [5.41, 5.74) is -1.40. The van der Waals surface area contributed by atoms with E-state index in [1.807, 2.05) is 0 Å². The summed E-state index contributed by atoms with van der Waals surface area (Å²) in [7, 11) is 0. The molecule has 1 aromatic rings. The number of nitro groups is 1. The minimum atomic E-state index is -1.51. The maximum Gasteiger partial charge on any atom is 0.342 e. The molecular formula is C10H10FNO5. The number of carboxylic acids is 1. The molecule has 0 fully saturated rings. The highest BCUT2D eigenvalue weighted by molar-refractivity contribution is 5.92. The highest BCUT2D eigenvalue weighted by Gasteiger charge is 2.24. The number of carbonyl (C=O) groups is 1. The molecule has 0 atom stereocenters. The van der Waals surface area contributed by atoms with Crippen LogP contribution in [0.2, 0.25) is 0 Å². The molecule has 0 amide bonds. The van der Waals surface area contributed by atoms with Gasteiger partial charge in [0.05, 0.1) is 17.1 Å². The SMILES string of the molecule is CC(C)Oc1cc(C(=O)O)c([N+](=O)[O-])cc1F. The molecule has 17 heavy (non-hydrogen) atoms. The largest absolute Gasteiger partial charge is 0.488 e. The van der Waals surface area contributed by atoms with Crippen molar-refractivity contribution >= 4 is 11.7 Å². The Labute approximate surface area is 95.8 Å². The Balaban J connectivity index is 3.34. The first-order chi connectivity index (χ1) is 7.82. The number of carboxylic acid groups (broad SMARTS) is 1. The van der Waals surface area contributed by atoms with E-state index in [-0.39, 0.29) is 11.9 Å². The van der Waals surface area contributed by atoms with Crippen molar-refractivity contribution in [2.24, 2.45) is 0 Å². The average Bonchev–Trinajstić information content (AvgIpc) is 2.19. The quantitative estimate of drug-likeness (QED) is 0.646. The van der Waals surface area contributed by atoms with E-state index in [4.69, 9.17) is 9.84 Å². The smallest absolute Gasteiger partial charge is 0.342 e. The van der Waals surface area contributed by atoms with Gasteiger partial charge in [-0.3, -0.25) is 10.1 Å². The number of aromatic carboxylic acids is 1. The Morgan fingerprint density at radius 1 is 1.53 bits per heavy atom. The Morgan fingerprint density at radius 2 is 2.12 bits per heavy atom. The van der Waals surface area contributed by atoms with E-state index >= 15 is 0 Å². The predicted molar refractivity (Wildman–Crippen MR) is 55.8 cm³/mol. The number of hydrogen-bond donors (Lipinski definition) is 1. The second-order valence-corrected chi connectivity index (χ2v) is 3.53. The summed E-state index contributed by atoms with van der Waals surface area (Å²) in [4.78, 5) is 20.4. The molecule has 0 saturated carbocycles. The molecule has 7 heteroatoms. The molecular weight excluding hydrogens is 233 g/mol. The third-order valence-corrected chi connectivity index (χ3v) is 1.84. The molecule has 1 N–H and O–H groups in total. The Bertz CT molecular complexity index is 472. The number of rotatable bonds is 4. The molecule has 6 nitrogen and oxygen atoms in total. The van der Waals surface area contributed by atoms with E-state index in [1.165, 1.54) is 0 Å². The minimum absolute atomic E-state index is 0.317. The van der Waals surface area contributed by atoms with Crippen LogP contribution in [0.3, 0.4) is 0 Å². The van der Waals surface area contributed by atoms with Gasteiger partial charge in [0, 0.05) is 6.07 Å². The summed E-state index contributed by atoms with van der Waals surface area (Å²) in [5.74, 6) is -2.79. The van der Waals surface area contributed by atoms with Crippen LogP contribution in [0.1, 0.15) is 24.2 Å². The lowest BCUT2D eigenvalue weighted by molar-refractivity contribution is -0.385. The van der Waals surface area contributed by atoms with Crippen LogP contribution in [0.5, 0.6) is 5.75 Å². The monoisotopic (exact) mass is 243 g/mol. The van der Waals surface area contributed by atoms with Crippen LogP contribution in [-0.2, 0) is 0 Å². The van der Waals surface area contributed by atoms with Crippen LogP contribution in [0.4, 0.5) is 10.1 Å². The van der Waals surface area contributed by atoms with Crippen molar-refractivity contribution in [3.63, 3.8) is 0 Å². The second kappa shape index (κ2) is 4.77. The first-order valence-corrected chi connectivity index (χ1v) is 4.70. The van der Waals surface area contributed by atoms with E-state index in [0.717, 1.165) is 6.07 Å². The molecule has 0 aliphatic carbocycles. The zero-order valence-corrected chi connectivity index (χ0v) is 9.14. The highest BCUT2D eigenvalue weighted by Crippen LogP contribution is 2.28. The second-order valence-electron chi connectivity index (χ2n) is 3.53. The normalized spacial score (nSPS) is 10.4. The van der Waals surface area contributed by atoms with Crippen molar-refractivity contribution in [2.75, 3.05) is 0 Å². The first-order valence-electron chi connectivity index (χ1n) is 4.70. The summed E-state index contributed by atoms with van der Waals surface area (Å²) >= 11 is 0. The van der Waals surface area contributed by atoms with Crippen LogP contribution >= 0.6 is 0 Å². The average molecular weight is 243 g/mol. The van der Waals surface area contributed by atoms with Gasteiger partial charge in [0.1, 0.15) is 5.56 Å². The van der Waals surface area contributed by atoms with E-state index in [9.17, 15) is 19.3 Å². The first kappa shape index (κ1) is 12.9. The van der Waals surface area contributed by atoms with Gasteiger partial charge in [0.25, 0.3) is 5.69 Å². The van der Waals surface area contributed by atoms with E-state index in [2.05, 4.69) is 0 Å². The summed E-state index contributed by atoms with van der Waals surface area (Å²) in [6.07, 6.45) is -0.368. The molecule has 0 spiro atoms. The molecule has 0 bridgehead atoms. The van der Waals surface area contributed by atoms with Crippen LogP contribution in [0, 0.1) is 15.9 Å². The number of nitro benzene ring substituents is 1. The minimum Gasteiger partial charge on any atom is -0.488 e. The molecule has 0 saturated heterocycles. The highest BCUT2D eigenvalue weighted by atomic mass is 19.1. The maximum absolute atomic E-state index is 13.4. The van der Waals surface area contributed by atoms with Crippen LogP contribution in [0.15, 0.2) is 12.1 Å². The lowest BCUT2D eigenvalue weighted by Gasteiger charge is -2.11. The summed E-state index contributed by atoms with van der Waals surface area (Å²) < 4.78 is 18.4. The number of nitrogens with zero attached hydrogens (tertiary/aromatic N) is 1. The van der Waals surface area contributed by atoms with Gasteiger partial charge >= 0.3 is 5.97 Å². The van der Waals surface area contributed by atoms with Crippen molar-refractivity contribution in [3.8, 4) is 5.75 Å². The molecule has 0 aromatic heterocycles. The number of ether oxygens (including phenoxy) is 1. The molecule has 92 valence electrons. The predicted octanol–water partition coefficient (Wildman–Crippen LogP) is 2.22. The van der Waals surface area contributed by atoms with E-state index in [0.29, 0.717) is 6.07 Å². The Hall–Kier alpha value is -2.18. The number of hydrogen-bond acceptors (Lipinski definition) is 4. The van der Waals surface area contributed by atoms with Gasteiger partial charge in [-0.25, -0.2) is 9.18 Å². The zero-order valence-electron chi connectivity index (χ0n) is 9.14. The van der Waals surface area contributed by atoms with Gasteiger partial charge in [-0.1, -0.05) is 0 Å². The van der Waals surface area contributed by atoms with Crippen molar-refractivity contribution in [1.29, 1.82) is 0 Å². The molecule has 0 aliphatic rings. The van der Waals surface area contributed by atoms with Gasteiger partial charge in [0.2, 0.25) is 0 Å². The lowest BCUT2D eigenvalue weighted by atomic mass is 10.1. The Morgan fingerprint density at radius 3 is 2.53 bits per heavy atom. The fourth-order valence-electron chi connectivity index (χ4n) is 1.21. The van der Waals surface area contributed by atoms with E-state index < -0.39 is 28.0 Å². The van der Waals surface area contributed by atoms with Crippen LogP contribution in [0.25, 0.3) is 0 Å². The Kier molecular flexibility index (Phi) is 3.62. The molecule has 0 radical (unpaired) electrons. The summed E-state index contributed by atoms with van der Waals surface area (Å²) in [6, 6.07) is 1.36. The summed E-state index contributed by atoms with van der Waals surface area (Å²) in [5, 5.41) is 19.3. The fraction of sp³-hybridized carbons (Fsp3) is 0.300. The maximum atomic E-state index is 13.4. The van der Waals surface area contributed by atoms with Crippen molar-refractivity contribution in [3.05, 3.63) is 33.6 Å². The van der Waals surface area contributed by atoms with Gasteiger partial charge in [-0.05, 0) is 13.8 Å². The standard InChI is InChI=1S/C10H10FNO5/c1-5(2)17-9-3-6(10(13)14)8(12(15)16)4-7(9)11/h3-5H,1-2H3,(H,13,14). The van der Waals surface area contributed by atoms with Crippen molar-refractivity contribution < 1.29 is 24.0 Å². The van der Waals surface area contributed by atoms with Crippen molar-refractivity contribution in [1.82, 2.24) is 0 Å². The number of benzene rings is 1.